The van der Waals surface area contributed by atoms with Gasteiger partial charge in [0.05, 0.1) is 15.2 Å². The van der Waals surface area contributed by atoms with E-state index in [0.717, 1.165) is 11.9 Å². The van der Waals surface area contributed by atoms with Crippen molar-refractivity contribution >= 4 is 21.6 Å². The van der Waals surface area contributed by atoms with Crippen LogP contribution in [-0.2, 0) is 6.42 Å². The number of thiazole rings is 1. The monoisotopic (exact) mass is 260 g/mol. The van der Waals surface area contributed by atoms with Crippen molar-refractivity contribution in [3.05, 3.63) is 29.3 Å². The van der Waals surface area contributed by atoms with Gasteiger partial charge in [-0.15, -0.1) is 11.3 Å². The van der Waals surface area contributed by atoms with Gasteiger partial charge < -0.3 is 5.73 Å². The molecular weight excluding hydrogens is 240 g/mol. The summed E-state index contributed by atoms with van der Waals surface area (Å²) < 4.78 is 1.28. The minimum atomic E-state index is 0.297. The summed E-state index contributed by atoms with van der Waals surface area (Å²) in [6, 6.07) is 8.65. The fraction of sp³-hybridized carbons (Fsp3) is 0.533. The highest BCUT2D eigenvalue weighted by Gasteiger charge is 2.21. The Hall–Kier alpha value is -0.930. The van der Waals surface area contributed by atoms with Gasteiger partial charge >= 0.3 is 0 Å². The minimum absolute atomic E-state index is 0.297. The van der Waals surface area contributed by atoms with Crippen molar-refractivity contribution in [2.75, 3.05) is 0 Å². The van der Waals surface area contributed by atoms with E-state index >= 15 is 0 Å². The Morgan fingerprint density at radius 1 is 1.22 bits per heavy atom. The van der Waals surface area contributed by atoms with Crippen LogP contribution >= 0.6 is 11.3 Å². The maximum Gasteiger partial charge on any atom is 0.0954 e. The molecule has 1 aliphatic rings. The quantitative estimate of drug-likeness (QED) is 0.913. The van der Waals surface area contributed by atoms with Crippen molar-refractivity contribution in [1.29, 1.82) is 0 Å². The molecule has 3 heteroatoms. The zero-order chi connectivity index (χ0) is 12.4. The summed E-state index contributed by atoms with van der Waals surface area (Å²) in [5, 5.41) is 1.20. The Morgan fingerprint density at radius 3 is 2.78 bits per heavy atom. The van der Waals surface area contributed by atoms with Crippen molar-refractivity contribution in [3.63, 3.8) is 0 Å². The van der Waals surface area contributed by atoms with Crippen LogP contribution in [0.15, 0.2) is 24.3 Å². The van der Waals surface area contributed by atoms with Crippen molar-refractivity contribution in [2.45, 2.75) is 44.6 Å². The number of aromatic nitrogens is 1. The summed E-state index contributed by atoms with van der Waals surface area (Å²) in [5.74, 6) is 0.714. The lowest BCUT2D eigenvalue weighted by atomic mass is 9.83. The van der Waals surface area contributed by atoms with E-state index in [1.807, 2.05) is 6.07 Å². The number of para-hydroxylation sites is 1. The Morgan fingerprint density at radius 2 is 2.00 bits per heavy atom. The second-order valence-electron chi connectivity index (χ2n) is 5.34. The predicted molar refractivity (Wildman–Crippen MR) is 77.9 cm³/mol. The third kappa shape index (κ3) is 2.57. The lowest BCUT2D eigenvalue weighted by Crippen LogP contribution is -2.33. The van der Waals surface area contributed by atoms with E-state index in [1.54, 1.807) is 11.3 Å². The van der Waals surface area contributed by atoms with Gasteiger partial charge in [0, 0.05) is 12.5 Å². The summed E-state index contributed by atoms with van der Waals surface area (Å²) in [7, 11) is 0. The maximum absolute atomic E-state index is 6.37. The van der Waals surface area contributed by atoms with Gasteiger partial charge in [0.2, 0.25) is 0 Å². The molecule has 0 aliphatic heterocycles. The molecule has 18 heavy (non-hydrogen) atoms. The molecule has 1 fully saturated rings. The molecule has 1 saturated carbocycles. The topological polar surface area (TPSA) is 38.9 Å². The molecule has 0 saturated heterocycles. The molecule has 96 valence electrons. The summed E-state index contributed by atoms with van der Waals surface area (Å²) in [6.45, 7) is 0. The van der Waals surface area contributed by atoms with Gasteiger partial charge in [0.1, 0.15) is 0 Å². The normalized spacial score (nSPS) is 19.2. The van der Waals surface area contributed by atoms with Crippen LogP contribution in [0.25, 0.3) is 10.2 Å². The Bertz CT molecular complexity index is 481. The van der Waals surface area contributed by atoms with Crippen LogP contribution in [0.2, 0.25) is 0 Å². The van der Waals surface area contributed by atoms with Crippen LogP contribution in [-0.4, -0.2) is 11.0 Å². The summed E-state index contributed by atoms with van der Waals surface area (Å²) in [5.41, 5.74) is 7.49. The van der Waals surface area contributed by atoms with E-state index in [-0.39, 0.29) is 0 Å². The molecule has 0 radical (unpaired) electrons. The molecule has 2 nitrogen and oxygen atoms in total. The second kappa shape index (κ2) is 5.37. The molecule has 0 spiro atoms. The number of benzene rings is 1. The molecule has 1 aromatic carbocycles. The van der Waals surface area contributed by atoms with Gasteiger partial charge in [-0.05, 0) is 30.9 Å². The van der Waals surface area contributed by atoms with E-state index in [4.69, 9.17) is 5.73 Å². The molecule has 2 N–H and O–H groups in total. The van der Waals surface area contributed by atoms with Crippen LogP contribution in [0.4, 0.5) is 0 Å². The highest BCUT2D eigenvalue weighted by Crippen LogP contribution is 2.29. The first-order chi connectivity index (χ1) is 8.83. The molecule has 1 unspecified atom stereocenters. The van der Waals surface area contributed by atoms with E-state index in [1.165, 1.54) is 41.8 Å². The minimum Gasteiger partial charge on any atom is -0.327 e. The van der Waals surface area contributed by atoms with E-state index in [0.29, 0.717) is 12.0 Å². The highest BCUT2D eigenvalue weighted by molar-refractivity contribution is 7.18. The number of rotatable bonds is 3. The second-order valence-corrected chi connectivity index (χ2v) is 6.46. The van der Waals surface area contributed by atoms with Crippen molar-refractivity contribution in [2.24, 2.45) is 11.7 Å². The third-order valence-corrected chi connectivity index (χ3v) is 5.06. The van der Waals surface area contributed by atoms with Crippen molar-refractivity contribution < 1.29 is 0 Å². The van der Waals surface area contributed by atoms with Gasteiger partial charge in [-0.2, -0.15) is 0 Å². The van der Waals surface area contributed by atoms with Gasteiger partial charge in [-0.3, -0.25) is 0 Å². The molecule has 1 heterocycles. The van der Waals surface area contributed by atoms with Crippen molar-refractivity contribution in [1.82, 2.24) is 4.98 Å². The van der Waals surface area contributed by atoms with Crippen LogP contribution in [0, 0.1) is 5.92 Å². The lowest BCUT2D eigenvalue weighted by molar-refractivity contribution is 0.303. The Balaban J connectivity index is 1.71. The Kier molecular flexibility index (Phi) is 3.62. The van der Waals surface area contributed by atoms with Gasteiger partial charge in [-0.1, -0.05) is 31.4 Å². The first-order valence-electron chi connectivity index (χ1n) is 6.93. The highest BCUT2D eigenvalue weighted by atomic mass is 32.1. The number of nitrogens with zero attached hydrogens (tertiary/aromatic N) is 1. The molecule has 2 aromatic rings. The maximum atomic E-state index is 6.37. The molecular formula is C15H20N2S. The summed E-state index contributed by atoms with van der Waals surface area (Å²) in [4.78, 5) is 4.69. The average Bonchev–Trinajstić information content (AvgIpc) is 2.82. The third-order valence-electron chi connectivity index (χ3n) is 4.00. The first-order valence-corrected chi connectivity index (χ1v) is 7.74. The van der Waals surface area contributed by atoms with E-state index < -0.39 is 0 Å². The van der Waals surface area contributed by atoms with Crippen molar-refractivity contribution in [3.8, 4) is 0 Å². The fourth-order valence-electron chi connectivity index (χ4n) is 2.94. The molecule has 1 atom stereocenters. The van der Waals surface area contributed by atoms with E-state index in [2.05, 4.69) is 23.2 Å². The molecule has 0 bridgehead atoms. The zero-order valence-corrected chi connectivity index (χ0v) is 11.5. The largest absolute Gasteiger partial charge is 0.327 e. The SMILES string of the molecule is NC(Cc1nc2ccccc2s1)C1CCCCC1. The fourth-order valence-corrected chi connectivity index (χ4v) is 3.98. The van der Waals surface area contributed by atoms with Crippen LogP contribution in [0.5, 0.6) is 0 Å². The van der Waals surface area contributed by atoms with Crippen LogP contribution in [0.3, 0.4) is 0 Å². The summed E-state index contributed by atoms with van der Waals surface area (Å²) in [6.07, 6.45) is 7.68. The molecule has 1 aromatic heterocycles. The molecule has 0 amide bonds. The van der Waals surface area contributed by atoms with Crippen LogP contribution in [0.1, 0.15) is 37.1 Å². The number of hydrogen-bond donors (Lipinski definition) is 1. The lowest BCUT2D eigenvalue weighted by Gasteiger charge is -2.26. The Labute approximate surface area is 112 Å². The van der Waals surface area contributed by atoms with Crippen LogP contribution < -0.4 is 5.73 Å². The predicted octanol–water partition coefficient (Wildman–Crippen LogP) is 3.75. The molecule has 3 rings (SSSR count). The zero-order valence-electron chi connectivity index (χ0n) is 10.6. The average molecular weight is 260 g/mol. The number of hydrogen-bond acceptors (Lipinski definition) is 3. The smallest absolute Gasteiger partial charge is 0.0954 e. The van der Waals surface area contributed by atoms with E-state index in [9.17, 15) is 0 Å². The molecule has 1 aliphatic carbocycles. The summed E-state index contributed by atoms with van der Waals surface area (Å²) >= 11 is 1.80. The first kappa shape index (κ1) is 12.1. The van der Waals surface area contributed by atoms with Gasteiger partial charge in [0.25, 0.3) is 0 Å². The standard InChI is InChI=1S/C15H20N2S/c16-12(11-6-2-1-3-7-11)10-15-17-13-8-4-5-9-14(13)18-15/h4-5,8-9,11-12H,1-3,6-7,10,16H2. The van der Waals surface area contributed by atoms with Gasteiger partial charge in [-0.25, -0.2) is 4.98 Å². The van der Waals surface area contributed by atoms with Gasteiger partial charge in [0.15, 0.2) is 0 Å². The number of fused-ring (bicyclic) bond motifs is 1. The number of nitrogens with two attached hydrogens (primary N) is 1.